The van der Waals surface area contributed by atoms with Crippen LogP contribution >= 0.6 is 0 Å². The Morgan fingerprint density at radius 2 is 1.86 bits per heavy atom. The predicted octanol–water partition coefficient (Wildman–Crippen LogP) is 0.112. The molecule has 0 aliphatic rings. The molecular weight excluding hydrogens is 294 g/mol. The van der Waals surface area contributed by atoms with E-state index in [1.54, 1.807) is 13.8 Å². The molecule has 0 atom stereocenters. The van der Waals surface area contributed by atoms with Crippen LogP contribution in [-0.2, 0) is 10.0 Å². The Hall–Kier alpha value is -1.35. The third-order valence-corrected chi connectivity index (χ3v) is 4.89. The lowest BCUT2D eigenvalue weighted by Crippen LogP contribution is -2.45. The summed E-state index contributed by atoms with van der Waals surface area (Å²) in [5.74, 6) is 0. The number of rotatable bonds is 8. The van der Waals surface area contributed by atoms with E-state index in [-0.39, 0.29) is 24.7 Å². The molecule has 0 saturated carbocycles. The number of aliphatic hydroxyl groups is 2. The molecule has 1 aromatic rings. The summed E-state index contributed by atoms with van der Waals surface area (Å²) in [6.45, 7) is 3.16. The lowest BCUT2D eigenvalue weighted by atomic mass is 9.98. The zero-order valence-electron chi connectivity index (χ0n) is 12.3. The van der Waals surface area contributed by atoms with Crippen LogP contribution in [0.4, 0.5) is 11.4 Å². The first-order valence-electron chi connectivity index (χ1n) is 6.73. The predicted molar refractivity (Wildman–Crippen MR) is 82.5 cm³/mol. The number of benzene rings is 1. The molecule has 1 aromatic carbocycles. The monoisotopic (exact) mass is 317 g/mol. The molecule has 0 bridgehead atoms. The zero-order valence-corrected chi connectivity index (χ0v) is 13.1. The quantitative estimate of drug-likeness (QED) is 0.434. The van der Waals surface area contributed by atoms with Gasteiger partial charge in [-0.25, -0.2) is 13.1 Å². The third-order valence-electron chi connectivity index (χ3n) is 3.35. The first-order chi connectivity index (χ1) is 9.84. The molecule has 0 radical (unpaired) electrons. The summed E-state index contributed by atoms with van der Waals surface area (Å²) < 4.78 is 26.4. The molecule has 0 amide bonds. The van der Waals surface area contributed by atoms with Crippen LogP contribution in [0.5, 0.6) is 0 Å². The van der Waals surface area contributed by atoms with Crippen LogP contribution in [0.25, 0.3) is 0 Å². The van der Waals surface area contributed by atoms with Gasteiger partial charge in [-0.2, -0.15) is 0 Å². The Morgan fingerprint density at radius 1 is 1.24 bits per heavy atom. The summed E-state index contributed by atoms with van der Waals surface area (Å²) in [6.07, 6.45) is 0.448. The van der Waals surface area contributed by atoms with Gasteiger partial charge in [0.25, 0.3) is 0 Å². The highest BCUT2D eigenvalue weighted by Crippen LogP contribution is 2.27. The smallest absolute Gasteiger partial charge is 0.240 e. The summed E-state index contributed by atoms with van der Waals surface area (Å²) >= 11 is 0. The third kappa shape index (κ3) is 4.07. The van der Waals surface area contributed by atoms with Crippen molar-refractivity contribution in [3.8, 4) is 0 Å². The molecule has 0 aliphatic carbocycles. The number of sulfonamides is 1. The fourth-order valence-corrected chi connectivity index (χ4v) is 2.88. The molecule has 0 unspecified atom stereocenters. The first-order valence-corrected chi connectivity index (χ1v) is 8.21. The largest absolute Gasteiger partial charge is 0.397 e. The number of anilines is 2. The lowest BCUT2D eigenvalue weighted by Gasteiger charge is -2.31. The molecule has 7 nitrogen and oxygen atoms in total. The second-order valence-electron chi connectivity index (χ2n) is 4.83. The number of aliphatic hydroxyl groups excluding tert-OH is 2. The van der Waals surface area contributed by atoms with Crippen LogP contribution in [0.1, 0.15) is 20.3 Å². The fraction of sp³-hybridized carbons (Fsp3) is 0.538. The van der Waals surface area contributed by atoms with Crippen molar-refractivity contribution >= 4 is 21.4 Å². The van der Waals surface area contributed by atoms with E-state index in [1.165, 1.54) is 18.2 Å². The van der Waals surface area contributed by atoms with Gasteiger partial charge < -0.3 is 21.3 Å². The Balaban J connectivity index is 3.20. The van der Waals surface area contributed by atoms with Gasteiger partial charge in [0.15, 0.2) is 0 Å². The van der Waals surface area contributed by atoms with Gasteiger partial charge in [0.05, 0.1) is 35.0 Å². The number of hydrogen-bond acceptors (Lipinski definition) is 6. The van der Waals surface area contributed by atoms with Crippen molar-refractivity contribution in [2.75, 3.05) is 30.8 Å². The van der Waals surface area contributed by atoms with Gasteiger partial charge in [0, 0.05) is 6.54 Å². The highest BCUT2D eigenvalue weighted by molar-refractivity contribution is 7.89. The minimum Gasteiger partial charge on any atom is -0.397 e. The second kappa shape index (κ2) is 7.08. The van der Waals surface area contributed by atoms with Gasteiger partial charge in [0.1, 0.15) is 0 Å². The topological polar surface area (TPSA) is 125 Å². The lowest BCUT2D eigenvalue weighted by molar-refractivity contribution is 0.132. The van der Waals surface area contributed by atoms with Gasteiger partial charge in [-0.05, 0) is 24.6 Å². The summed E-state index contributed by atoms with van der Waals surface area (Å²) in [5, 5.41) is 21.8. The highest BCUT2D eigenvalue weighted by Gasteiger charge is 2.27. The number of nitrogens with one attached hydrogen (secondary N) is 2. The summed E-state index contributed by atoms with van der Waals surface area (Å²) in [6, 6.07) is 4.27. The Morgan fingerprint density at radius 3 is 2.33 bits per heavy atom. The van der Waals surface area contributed by atoms with Crippen LogP contribution in [0.15, 0.2) is 23.1 Å². The molecule has 8 heteroatoms. The molecular formula is C13H23N3O4S. The van der Waals surface area contributed by atoms with Crippen LogP contribution < -0.4 is 15.8 Å². The van der Waals surface area contributed by atoms with E-state index in [0.29, 0.717) is 17.8 Å². The fourth-order valence-electron chi connectivity index (χ4n) is 1.81. The Kier molecular flexibility index (Phi) is 5.97. The minimum absolute atomic E-state index is 0.0712. The van der Waals surface area contributed by atoms with E-state index in [0.717, 1.165) is 0 Å². The molecule has 0 spiro atoms. The molecule has 6 N–H and O–H groups in total. The molecule has 1 rings (SSSR count). The Labute approximate surface area is 125 Å². The van der Waals surface area contributed by atoms with Crippen molar-refractivity contribution in [3.63, 3.8) is 0 Å². The van der Waals surface area contributed by atoms with E-state index in [1.807, 2.05) is 0 Å². The summed E-state index contributed by atoms with van der Waals surface area (Å²) in [4.78, 5) is 0.0712. The van der Waals surface area contributed by atoms with Crippen molar-refractivity contribution in [3.05, 3.63) is 18.2 Å². The first kappa shape index (κ1) is 17.7. The molecule has 0 aliphatic heterocycles. The maximum atomic E-state index is 12.0. The van der Waals surface area contributed by atoms with Gasteiger partial charge in [-0.3, -0.25) is 0 Å². The molecule has 0 fully saturated rings. The van der Waals surface area contributed by atoms with Crippen molar-refractivity contribution in [2.45, 2.75) is 30.7 Å². The maximum absolute atomic E-state index is 12.0. The average molecular weight is 317 g/mol. The summed E-state index contributed by atoms with van der Waals surface area (Å²) in [7, 11) is -3.60. The normalized spacial score (nSPS) is 12.4. The number of hydrogen-bond donors (Lipinski definition) is 5. The molecule has 0 saturated heterocycles. The standard InChI is InChI=1S/C13H23N3O4S/c1-3-13(8-17,9-18)16-12-7-10(5-6-11(12)14)21(19,20)15-4-2/h5-7,15-18H,3-4,8-9,14H2,1-2H3. The molecule has 120 valence electrons. The number of nitrogen functional groups attached to an aromatic ring is 1. The van der Waals surface area contributed by atoms with E-state index in [4.69, 9.17) is 5.73 Å². The van der Waals surface area contributed by atoms with E-state index in [2.05, 4.69) is 10.0 Å². The number of nitrogens with two attached hydrogens (primary N) is 1. The van der Waals surface area contributed by atoms with Gasteiger partial charge in [-0.1, -0.05) is 13.8 Å². The minimum atomic E-state index is -3.60. The van der Waals surface area contributed by atoms with Crippen molar-refractivity contribution in [1.82, 2.24) is 4.72 Å². The summed E-state index contributed by atoms with van der Waals surface area (Å²) in [5.41, 5.74) is 5.59. The van der Waals surface area contributed by atoms with E-state index < -0.39 is 15.6 Å². The van der Waals surface area contributed by atoms with E-state index >= 15 is 0 Å². The highest BCUT2D eigenvalue weighted by atomic mass is 32.2. The van der Waals surface area contributed by atoms with Crippen LogP contribution in [0.3, 0.4) is 0 Å². The van der Waals surface area contributed by atoms with Gasteiger partial charge in [-0.15, -0.1) is 0 Å². The average Bonchev–Trinajstić information content (AvgIpc) is 2.46. The maximum Gasteiger partial charge on any atom is 0.240 e. The Bertz CT molecular complexity index is 563. The molecule has 21 heavy (non-hydrogen) atoms. The SMILES string of the molecule is CCNS(=O)(=O)c1ccc(N)c(NC(CC)(CO)CO)c1. The second-order valence-corrected chi connectivity index (χ2v) is 6.59. The van der Waals surface area contributed by atoms with Gasteiger partial charge in [0.2, 0.25) is 10.0 Å². The van der Waals surface area contributed by atoms with Crippen molar-refractivity contribution in [1.29, 1.82) is 0 Å². The zero-order chi connectivity index (χ0) is 16.1. The van der Waals surface area contributed by atoms with E-state index in [9.17, 15) is 18.6 Å². The molecule has 0 aromatic heterocycles. The molecule has 0 heterocycles. The van der Waals surface area contributed by atoms with Crippen molar-refractivity contribution < 1.29 is 18.6 Å². The van der Waals surface area contributed by atoms with Crippen LogP contribution in [0.2, 0.25) is 0 Å². The van der Waals surface area contributed by atoms with Gasteiger partial charge >= 0.3 is 0 Å². The van der Waals surface area contributed by atoms with Crippen molar-refractivity contribution in [2.24, 2.45) is 0 Å². The van der Waals surface area contributed by atoms with Crippen LogP contribution in [0, 0.1) is 0 Å². The van der Waals surface area contributed by atoms with Crippen LogP contribution in [-0.4, -0.2) is 43.9 Å².